The lowest BCUT2D eigenvalue weighted by Crippen LogP contribution is -2.29. The largest absolute Gasteiger partial charge is 0.390 e. The van der Waals surface area contributed by atoms with Gasteiger partial charge in [-0.1, -0.05) is 6.07 Å². The second kappa shape index (κ2) is 4.06. The summed E-state index contributed by atoms with van der Waals surface area (Å²) in [6, 6.07) is 4.96. The number of nitrogens with zero attached hydrogens (tertiary/aromatic N) is 1. The number of aliphatic hydroxyl groups is 1. The van der Waals surface area contributed by atoms with Crippen molar-refractivity contribution in [2.24, 2.45) is 0 Å². The molecule has 0 bridgehead atoms. The number of hydrogen-bond donors (Lipinski definition) is 1. The molecule has 88 valence electrons. The van der Waals surface area contributed by atoms with Crippen LogP contribution >= 0.6 is 0 Å². The van der Waals surface area contributed by atoms with E-state index in [4.69, 9.17) is 0 Å². The van der Waals surface area contributed by atoms with Crippen LogP contribution in [0.5, 0.6) is 0 Å². The molecular formula is C13H18FNO. The molecule has 0 aliphatic carbocycles. The van der Waals surface area contributed by atoms with Crippen LogP contribution in [-0.2, 0) is 6.42 Å². The van der Waals surface area contributed by atoms with Crippen LogP contribution in [0.1, 0.15) is 25.8 Å². The normalized spacial score (nSPS) is 15.4. The van der Waals surface area contributed by atoms with Crippen molar-refractivity contribution in [1.82, 2.24) is 0 Å². The van der Waals surface area contributed by atoms with Gasteiger partial charge in [-0.15, -0.1) is 0 Å². The molecule has 0 amide bonds. The summed E-state index contributed by atoms with van der Waals surface area (Å²) in [7, 11) is 0. The highest BCUT2D eigenvalue weighted by atomic mass is 19.1. The smallest absolute Gasteiger partial charge is 0.125 e. The number of anilines is 1. The highest BCUT2D eigenvalue weighted by Gasteiger charge is 2.21. The lowest BCUT2D eigenvalue weighted by Gasteiger charge is -2.24. The second-order valence-corrected chi connectivity index (χ2v) is 5.07. The van der Waals surface area contributed by atoms with E-state index in [1.54, 1.807) is 19.9 Å². The molecule has 0 atom stereocenters. The summed E-state index contributed by atoms with van der Waals surface area (Å²) in [5.41, 5.74) is 1.54. The third-order valence-corrected chi connectivity index (χ3v) is 3.03. The number of fused-ring (bicyclic) bond motifs is 1. The van der Waals surface area contributed by atoms with Gasteiger partial charge in [0.25, 0.3) is 0 Å². The fourth-order valence-corrected chi connectivity index (χ4v) is 2.06. The first-order valence-electron chi connectivity index (χ1n) is 5.71. The summed E-state index contributed by atoms with van der Waals surface area (Å²) in [6.07, 6.45) is 1.67. The van der Waals surface area contributed by atoms with Gasteiger partial charge in [0.2, 0.25) is 0 Å². The quantitative estimate of drug-likeness (QED) is 0.850. The van der Waals surface area contributed by atoms with Crippen LogP contribution in [0.15, 0.2) is 18.2 Å². The van der Waals surface area contributed by atoms with E-state index in [-0.39, 0.29) is 5.82 Å². The molecule has 3 heteroatoms. The first kappa shape index (κ1) is 11.4. The highest BCUT2D eigenvalue weighted by molar-refractivity contribution is 5.58. The zero-order chi connectivity index (χ0) is 11.8. The molecule has 0 spiro atoms. The van der Waals surface area contributed by atoms with Gasteiger partial charge in [0.1, 0.15) is 5.82 Å². The van der Waals surface area contributed by atoms with Crippen LogP contribution in [0.2, 0.25) is 0 Å². The summed E-state index contributed by atoms with van der Waals surface area (Å²) >= 11 is 0. The van der Waals surface area contributed by atoms with Crippen molar-refractivity contribution in [1.29, 1.82) is 0 Å². The Morgan fingerprint density at radius 3 is 2.88 bits per heavy atom. The molecule has 16 heavy (non-hydrogen) atoms. The number of halogens is 1. The summed E-state index contributed by atoms with van der Waals surface area (Å²) in [5, 5.41) is 9.68. The second-order valence-electron chi connectivity index (χ2n) is 5.07. The summed E-state index contributed by atoms with van der Waals surface area (Å²) < 4.78 is 13.1. The monoisotopic (exact) mass is 223 g/mol. The van der Waals surface area contributed by atoms with Crippen molar-refractivity contribution in [3.63, 3.8) is 0 Å². The fraction of sp³-hybridized carbons (Fsp3) is 0.538. The van der Waals surface area contributed by atoms with E-state index in [0.29, 0.717) is 6.42 Å². The van der Waals surface area contributed by atoms with Crippen LogP contribution in [0.3, 0.4) is 0 Å². The molecule has 1 heterocycles. The molecular weight excluding hydrogens is 205 g/mol. The van der Waals surface area contributed by atoms with E-state index < -0.39 is 5.60 Å². The molecule has 0 radical (unpaired) electrons. The van der Waals surface area contributed by atoms with Crippen molar-refractivity contribution >= 4 is 5.69 Å². The van der Waals surface area contributed by atoms with Crippen molar-refractivity contribution < 1.29 is 9.50 Å². The molecule has 1 aliphatic heterocycles. The molecule has 0 saturated carbocycles. The van der Waals surface area contributed by atoms with Crippen LogP contribution in [0.4, 0.5) is 10.1 Å². The van der Waals surface area contributed by atoms with Crippen LogP contribution in [0, 0.1) is 5.82 Å². The molecule has 1 aromatic carbocycles. The number of benzene rings is 1. The maximum Gasteiger partial charge on any atom is 0.125 e. The maximum atomic E-state index is 13.1. The van der Waals surface area contributed by atoms with Crippen molar-refractivity contribution in [2.45, 2.75) is 32.3 Å². The van der Waals surface area contributed by atoms with Crippen molar-refractivity contribution in [3.05, 3.63) is 29.6 Å². The topological polar surface area (TPSA) is 23.5 Å². The first-order valence-corrected chi connectivity index (χ1v) is 5.71. The van der Waals surface area contributed by atoms with Crippen LogP contribution in [-0.4, -0.2) is 23.8 Å². The Morgan fingerprint density at radius 2 is 2.19 bits per heavy atom. The van der Waals surface area contributed by atoms with E-state index in [0.717, 1.165) is 25.2 Å². The molecule has 0 unspecified atom stereocenters. The summed E-state index contributed by atoms with van der Waals surface area (Å²) in [5.74, 6) is -0.186. The van der Waals surface area contributed by atoms with E-state index in [1.807, 2.05) is 6.07 Å². The minimum absolute atomic E-state index is 0.186. The minimum Gasteiger partial charge on any atom is -0.390 e. The van der Waals surface area contributed by atoms with E-state index in [1.165, 1.54) is 11.6 Å². The third-order valence-electron chi connectivity index (χ3n) is 3.03. The zero-order valence-electron chi connectivity index (χ0n) is 9.83. The van der Waals surface area contributed by atoms with Crippen LogP contribution in [0.25, 0.3) is 0 Å². The van der Waals surface area contributed by atoms with E-state index in [9.17, 15) is 9.50 Å². The molecule has 0 aromatic heterocycles. The predicted octanol–water partition coefficient (Wildman–Crippen LogP) is 2.35. The standard InChI is InChI=1S/C13H18FNO/c1-13(2,16)6-8-15-7-5-10-3-4-11(14)9-12(10)15/h3-4,9,16H,5-8H2,1-2H3. The Hall–Kier alpha value is -1.09. The molecule has 1 N–H and O–H groups in total. The lowest BCUT2D eigenvalue weighted by atomic mass is 10.1. The maximum absolute atomic E-state index is 13.1. The highest BCUT2D eigenvalue weighted by Crippen LogP contribution is 2.29. The van der Waals surface area contributed by atoms with Gasteiger partial charge in [0.15, 0.2) is 0 Å². The Balaban J connectivity index is 2.08. The van der Waals surface area contributed by atoms with Gasteiger partial charge >= 0.3 is 0 Å². The summed E-state index contributed by atoms with van der Waals surface area (Å²) in [6.45, 7) is 5.31. The van der Waals surface area contributed by atoms with E-state index >= 15 is 0 Å². The van der Waals surface area contributed by atoms with Gasteiger partial charge < -0.3 is 10.0 Å². The predicted molar refractivity (Wildman–Crippen MR) is 63.2 cm³/mol. The van der Waals surface area contributed by atoms with Crippen LogP contribution < -0.4 is 4.90 Å². The summed E-state index contributed by atoms with van der Waals surface area (Å²) in [4.78, 5) is 2.15. The lowest BCUT2D eigenvalue weighted by molar-refractivity contribution is 0.0732. The third kappa shape index (κ3) is 2.53. The van der Waals surface area contributed by atoms with E-state index in [2.05, 4.69) is 4.90 Å². The van der Waals surface area contributed by atoms with Gasteiger partial charge in [-0.25, -0.2) is 4.39 Å². The molecule has 2 nitrogen and oxygen atoms in total. The van der Waals surface area contributed by atoms with Crippen molar-refractivity contribution in [3.8, 4) is 0 Å². The van der Waals surface area contributed by atoms with Gasteiger partial charge in [-0.3, -0.25) is 0 Å². The molecule has 0 saturated heterocycles. The molecule has 1 aliphatic rings. The SMILES string of the molecule is CC(C)(O)CCN1CCc2ccc(F)cc21. The Kier molecular flexibility index (Phi) is 2.89. The Morgan fingerprint density at radius 1 is 1.44 bits per heavy atom. The minimum atomic E-state index is -0.657. The Labute approximate surface area is 95.7 Å². The average molecular weight is 223 g/mol. The number of hydrogen-bond acceptors (Lipinski definition) is 2. The molecule has 1 aromatic rings. The Bertz CT molecular complexity index is 384. The van der Waals surface area contributed by atoms with Gasteiger partial charge in [-0.05, 0) is 44.4 Å². The average Bonchev–Trinajstić information content (AvgIpc) is 2.56. The van der Waals surface area contributed by atoms with Gasteiger partial charge in [0, 0.05) is 18.8 Å². The fourth-order valence-electron chi connectivity index (χ4n) is 2.06. The first-order chi connectivity index (χ1) is 7.46. The van der Waals surface area contributed by atoms with Gasteiger partial charge in [0.05, 0.1) is 5.60 Å². The zero-order valence-corrected chi connectivity index (χ0v) is 9.83. The van der Waals surface area contributed by atoms with Gasteiger partial charge in [-0.2, -0.15) is 0 Å². The number of rotatable bonds is 3. The molecule has 2 rings (SSSR count). The van der Waals surface area contributed by atoms with Crippen molar-refractivity contribution in [2.75, 3.05) is 18.0 Å². The molecule has 0 fully saturated rings.